The van der Waals surface area contributed by atoms with Crippen LogP contribution in [0.2, 0.25) is 0 Å². The van der Waals surface area contributed by atoms with Crippen LogP contribution < -0.4 is 10.6 Å². The Kier molecular flexibility index (Phi) is 6.69. The minimum atomic E-state index is -0.146. The van der Waals surface area contributed by atoms with Gasteiger partial charge in [0.25, 0.3) is 0 Å². The predicted molar refractivity (Wildman–Crippen MR) is 84.8 cm³/mol. The second kappa shape index (κ2) is 7.79. The van der Waals surface area contributed by atoms with Crippen molar-refractivity contribution < 1.29 is 4.79 Å². The molecule has 1 saturated heterocycles. The Morgan fingerprint density at radius 3 is 2.35 bits per heavy atom. The minimum absolute atomic E-state index is 0.0875. The number of rotatable bonds is 5. The second-order valence-corrected chi connectivity index (χ2v) is 7.04. The average molecular weight is 281 g/mol. The zero-order valence-electron chi connectivity index (χ0n) is 13.8. The Morgan fingerprint density at radius 2 is 1.85 bits per heavy atom. The molecule has 20 heavy (non-hydrogen) atoms. The van der Waals surface area contributed by atoms with Gasteiger partial charge in [-0.05, 0) is 60.5 Å². The summed E-state index contributed by atoms with van der Waals surface area (Å²) in [4.78, 5) is 14.2. The lowest BCUT2D eigenvalue weighted by Gasteiger charge is -2.32. The van der Waals surface area contributed by atoms with Gasteiger partial charge in [0, 0.05) is 18.1 Å². The van der Waals surface area contributed by atoms with E-state index in [2.05, 4.69) is 35.5 Å². The van der Waals surface area contributed by atoms with E-state index in [-0.39, 0.29) is 11.4 Å². The number of hydrogen-bond donors (Lipinski definition) is 2. The van der Waals surface area contributed by atoms with Crippen LogP contribution in [-0.2, 0) is 4.79 Å². The first-order valence-electron chi connectivity index (χ1n) is 7.66. The predicted octanol–water partition coefficient (Wildman–Crippen LogP) is 1.92. The Hall–Kier alpha value is -0.870. The number of carbonyl (C=O) groups is 1. The van der Waals surface area contributed by atoms with Crippen LogP contribution in [0.1, 0.15) is 47.5 Å². The van der Waals surface area contributed by atoms with E-state index in [1.165, 1.54) is 5.57 Å². The van der Waals surface area contributed by atoms with Crippen molar-refractivity contribution in [2.75, 3.05) is 26.2 Å². The van der Waals surface area contributed by atoms with Gasteiger partial charge in [-0.1, -0.05) is 11.6 Å². The highest BCUT2D eigenvalue weighted by atomic mass is 16.2. The smallest absolute Gasteiger partial charge is 0.234 e. The molecule has 1 rings (SSSR count). The molecule has 0 saturated carbocycles. The second-order valence-electron chi connectivity index (χ2n) is 7.04. The Labute approximate surface area is 124 Å². The number of amides is 1. The molecular formula is C16H31N3O. The lowest BCUT2D eigenvalue weighted by Crippen LogP contribution is -2.49. The molecule has 2 N–H and O–H groups in total. The SMILES string of the molecule is CC(C)=CCN1CCC(NCC(=O)NC(C)(C)C)CC1. The molecule has 1 aliphatic rings. The van der Waals surface area contributed by atoms with Gasteiger partial charge in [-0.3, -0.25) is 9.69 Å². The fraction of sp³-hybridized carbons (Fsp3) is 0.812. The van der Waals surface area contributed by atoms with Crippen LogP contribution in [0, 0.1) is 0 Å². The summed E-state index contributed by atoms with van der Waals surface area (Å²) in [5.41, 5.74) is 1.23. The number of carbonyl (C=O) groups excluding carboxylic acids is 1. The molecule has 0 unspecified atom stereocenters. The largest absolute Gasteiger partial charge is 0.350 e. The van der Waals surface area contributed by atoms with E-state index >= 15 is 0 Å². The van der Waals surface area contributed by atoms with Crippen molar-refractivity contribution in [2.45, 2.75) is 59.0 Å². The summed E-state index contributed by atoms with van der Waals surface area (Å²) in [5, 5.41) is 6.36. The maximum atomic E-state index is 11.8. The summed E-state index contributed by atoms with van der Waals surface area (Å²) in [7, 11) is 0. The van der Waals surface area contributed by atoms with Gasteiger partial charge < -0.3 is 10.6 Å². The van der Waals surface area contributed by atoms with E-state index in [0.29, 0.717) is 12.6 Å². The zero-order chi connectivity index (χ0) is 15.2. The number of hydrogen-bond acceptors (Lipinski definition) is 3. The molecule has 1 amide bonds. The minimum Gasteiger partial charge on any atom is -0.350 e. The topological polar surface area (TPSA) is 44.4 Å². The molecule has 0 spiro atoms. The van der Waals surface area contributed by atoms with Crippen molar-refractivity contribution >= 4 is 5.91 Å². The quantitative estimate of drug-likeness (QED) is 0.757. The van der Waals surface area contributed by atoms with Gasteiger partial charge in [-0.2, -0.15) is 0 Å². The molecule has 1 aliphatic heterocycles. The zero-order valence-corrected chi connectivity index (χ0v) is 13.8. The molecule has 116 valence electrons. The molecule has 0 radical (unpaired) electrons. The van der Waals surface area contributed by atoms with E-state index in [9.17, 15) is 4.79 Å². The number of piperidine rings is 1. The monoisotopic (exact) mass is 281 g/mol. The van der Waals surface area contributed by atoms with E-state index in [0.717, 1.165) is 32.5 Å². The van der Waals surface area contributed by atoms with Crippen LogP contribution in [0.5, 0.6) is 0 Å². The van der Waals surface area contributed by atoms with Crippen LogP contribution in [0.4, 0.5) is 0 Å². The number of allylic oxidation sites excluding steroid dienone is 1. The first-order valence-corrected chi connectivity index (χ1v) is 7.66. The fourth-order valence-corrected chi connectivity index (χ4v) is 2.33. The lowest BCUT2D eigenvalue weighted by molar-refractivity contribution is -0.121. The first kappa shape index (κ1) is 17.2. The van der Waals surface area contributed by atoms with E-state index < -0.39 is 0 Å². The van der Waals surface area contributed by atoms with Crippen molar-refractivity contribution in [2.24, 2.45) is 0 Å². The van der Waals surface area contributed by atoms with E-state index in [1.54, 1.807) is 0 Å². The Morgan fingerprint density at radius 1 is 1.25 bits per heavy atom. The van der Waals surface area contributed by atoms with E-state index in [4.69, 9.17) is 0 Å². The van der Waals surface area contributed by atoms with Crippen molar-refractivity contribution in [1.82, 2.24) is 15.5 Å². The van der Waals surface area contributed by atoms with Gasteiger partial charge in [0.1, 0.15) is 0 Å². The van der Waals surface area contributed by atoms with Crippen LogP contribution >= 0.6 is 0 Å². The average Bonchev–Trinajstić information content (AvgIpc) is 2.33. The molecule has 0 aromatic carbocycles. The number of nitrogens with one attached hydrogen (secondary N) is 2. The Balaban J connectivity index is 2.19. The third kappa shape index (κ3) is 7.65. The van der Waals surface area contributed by atoms with Crippen LogP contribution in [0.15, 0.2) is 11.6 Å². The fourth-order valence-electron chi connectivity index (χ4n) is 2.33. The number of likely N-dealkylation sites (tertiary alicyclic amines) is 1. The van der Waals surface area contributed by atoms with Gasteiger partial charge in [0.05, 0.1) is 6.54 Å². The summed E-state index contributed by atoms with van der Waals surface area (Å²) in [6, 6.07) is 0.476. The number of nitrogens with zero attached hydrogens (tertiary/aromatic N) is 1. The highest BCUT2D eigenvalue weighted by molar-refractivity contribution is 5.78. The maximum Gasteiger partial charge on any atom is 0.234 e. The van der Waals surface area contributed by atoms with Crippen molar-refractivity contribution in [3.05, 3.63) is 11.6 Å². The molecule has 0 aliphatic carbocycles. The van der Waals surface area contributed by atoms with Gasteiger partial charge >= 0.3 is 0 Å². The molecule has 0 aromatic rings. The molecule has 4 nitrogen and oxygen atoms in total. The third-order valence-corrected chi connectivity index (χ3v) is 3.41. The third-order valence-electron chi connectivity index (χ3n) is 3.41. The first-order chi connectivity index (χ1) is 9.26. The van der Waals surface area contributed by atoms with Crippen molar-refractivity contribution in [3.63, 3.8) is 0 Å². The maximum absolute atomic E-state index is 11.8. The normalized spacial score (nSPS) is 17.9. The summed E-state index contributed by atoms with van der Waals surface area (Å²) >= 11 is 0. The molecular weight excluding hydrogens is 250 g/mol. The van der Waals surface area contributed by atoms with Gasteiger partial charge in [0.15, 0.2) is 0 Å². The van der Waals surface area contributed by atoms with E-state index in [1.807, 2.05) is 20.8 Å². The molecule has 0 atom stereocenters. The van der Waals surface area contributed by atoms with Gasteiger partial charge in [0.2, 0.25) is 5.91 Å². The molecule has 4 heteroatoms. The van der Waals surface area contributed by atoms with Crippen LogP contribution in [-0.4, -0.2) is 48.6 Å². The highest BCUT2D eigenvalue weighted by Gasteiger charge is 2.19. The summed E-state index contributed by atoms with van der Waals surface area (Å²) in [6.45, 7) is 14.0. The van der Waals surface area contributed by atoms with Gasteiger partial charge in [-0.25, -0.2) is 0 Å². The molecule has 1 heterocycles. The van der Waals surface area contributed by atoms with Crippen molar-refractivity contribution in [1.29, 1.82) is 0 Å². The summed E-state index contributed by atoms with van der Waals surface area (Å²) in [6.07, 6.45) is 4.53. The molecule has 0 aromatic heterocycles. The standard InChI is InChI=1S/C16H31N3O/c1-13(2)6-9-19-10-7-14(8-11-19)17-12-15(20)18-16(3,4)5/h6,14,17H,7-12H2,1-5H3,(H,18,20). The van der Waals surface area contributed by atoms with Gasteiger partial charge in [-0.15, -0.1) is 0 Å². The highest BCUT2D eigenvalue weighted by Crippen LogP contribution is 2.10. The molecule has 1 fully saturated rings. The lowest BCUT2D eigenvalue weighted by atomic mass is 10.0. The summed E-state index contributed by atoms with van der Waals surface area (Å²) in [5.74, 6) is 0.0875. The molecule has 0 bridgehead atoms. The van der Waals surface area contributed by atoms with Crippen LogP contribution in [0.25, 0.3) is 0 Å². The Bertz CT molecular complexity index is 332. The summed E-state index contributed by atoms with van der Waals surface area (Å²) < 4.78 is 0. The van der Waals surface area contributed by atoms with Crippen molar-refractivity contribution in [3.8, 4) is 0 Å². The van der Waals surface area contributed by atoms with Crippen LogP contribution in [0.3, 0.4) is 0 Å².